The number of carbonyl (C=O) groups is 1. The number of nitrogen functional groups attached to an aromatic ring is 1. The number of aromatic nitrogens is 3. The Morgan fingerprint density at radius 2 is 2.11 bits per heavy atom. The zero-order valence-electron chi connectivity index (χ0n) is 9.41. The molecule has 6 nitrogen and oxygen atoms in total. The fourth-order valence-corrected chi connectivity index (χ4v) is 1.43. The lowest BCUT2D eigenvalue weighted by Gasteiger charge is -2.04. The van der Waals surface area contributed by atoms with E-state index in [0.29, 0.717) is 5.02 Å². The van der Waals surface area contributed by atoms with Crippen LogP contribution in [-0.4, -0.2) is 20.7 Å². The molecule has 0 saturated heterocycles. The van der Waals surface area contributed by atoms with Gasteiger partial charge < -0.3 is 10.5 Å². The van der Waals surface area contributed by atoms with Gasteiger partial charge in [0.1, 0.15) is 19.5 Å². The van der Waals surface area contributed by atoms with Gasteiger partial charge in [0.2, 0.25) is 5.95 Å². The number of rotatable bonds is 4. The van der Waals surface area contributed by atoms with Crippen molar-refractivity contribution in [2.45, 2.75) is 13.2 Å². The summed E-state index contributed by atoms with van der Waals surface area (Å²) in [5, 5.41) is 4.42. The van der Waals surface area contributed by atoms with Crippen molar-refractivity contribution < 1.29 is 9.53 Å². The number of esters is 1. The maximum atomic E-state index is 11.5. The van der Waals surface area contributed by atoms with Crippen LogP contribution in [0.3, 0.4) is 0 Å². The molecule has 0 saturated carbocycles. The minimum absolute atomic E-state index is 0.0161. The van der Waals surface area contributed by atoms with Crippen LogP contribution in [0.25, 0.3) is 0 Å². The van der Waals surface area contributed by atoms with Gasteiger partial charge in [-0.05, 0) is 17.7 Å². The monoisotopic (exact) mass is 266 g/mol. The van der Waals surface area contributed by atoms with Gasteiger partial charge in [-0.2, -0.15) is 0 Å². The first-order chi connectivity index (χ1) is 8.63. The minimum Gasteiger partial charge on any atom is -0.459 e. The molecule has 2 aromatic rings. The Kier molecular flexibility index (Phi) is 3.78. The van der Waals surface area contributed by atoms with E-state index in [-0.39, 0.29) is 19.1 Å². The number of carbonyl (C=O) groups excluding carboxylic acids is 1. The second-order valence-electron chi connectivity index (χ2n) is 3.59. The number of hydrogen-bond donors (Lipinski definition) is 1. The fourth-order valence-electron chi connectivity index (χ4n) is 1.31. The predicted molar refractivity (Wildman–Crippen MR) is 65.7 cm³/mol. The Labute approximate surface area is 108 Å². The molecule has 0 radical (unpaired) electrons. The number of hydrogen-bond acceptors (Lipinski definition) is 5. The molecule has 7 heteroatoms. The van der Waals surface area contributed by atoms with E-state index in [2.05, 4.69) is 10.1 Å². The average Bonchev–Trinajstić information content (AvgIpc) is 2.74. The fraction of sp³-hybridized carbons (Fsp3) is 0.182. The lowest BCUT2D eigenvalue weighted by atomic mass is 10.2. The van der Waals surface area contributed by atoms with E-state index in [1.54, 1.807) is 24.3 Å². The molecule has 0 fully saturated rings. The molecule has 0 aliphatic heterocycles. The van der Waals surface area contributed by atoms with Gasteiger partial charge in [-0.3, -0.25) is 4.79 Å². The second-order valence-corrected chi connectivity index (χ2v) is 4.02. The van der Waals surface area contributed by atoms with Gasteiger partial charge in [0.05, 0.1) is 0 Å². The summed E-state index contributed by atoms with van der Waals surface area (Å²) in [7, 11) is 0. The molecule has 2 N–H and O–H groups in total. The third kappa shape index (κ3) is 3.46. The summed E-state index contributed by atoms with van der Waals surface area (Å²) in [5.74, 6) is -0.282. The number of nitrogens with two attached hydrogens (primary N) is 1. The van der Waals surface area contributed by atoms with Crippen LogP contribution in [0.5, 0.6) is 0 Å². The second kappa shape index (κ2) is 5.50. The lowest BCUT2D eigenvalue weighted by Crippen LogP contribution is -2.14. The Morgan fingerprint density at radius 3 is 2.72 bits per heavy atom. The van der Waals surface area contributed by atoms with E-state index in [1.165, 1.54) is 11.0 Å². The summed E-state index contributed by atoms with van der Waals surface area (Å²) in [4.78, 5) is 15.2. The minimum atomic E-state index is -0.408. The number of benzene rings is 1. The van der Waals surface area contributed by atoms with Crippen molar-refractivity contribution in [2.75, 3.05) is 5.73 Å². The third-order valence-corrected chi connectivity index (χ3v) is 2.41. The summed E-state index contributed by atoms with van der Waals surface area (Å²) >= 11 is 5.75. The number of ether oxygens (including phenoxy) is 1. The summed E-state index contributed by atoms with van der Waals surface area (Å²) in [6.07, 6.45) is 1.37. The van der Waals surface area contributed by atoms with E-state index < -0.39 is 5.97 Å². The van der Waals surface area contributed by atoms with E-state index in [9.17, 15) is 4.79 Å². The number of nitrogens with zero attached hydrogens (tertiary/aromatic N) is 3. The molecule has 0 spiro atoms. The highest BCUT2D eigenvalue weighted by Crippen LogP contribution is 2.10. The molecule has 0 unspecified atom stereocenters. The molecule has 0 atom stereocenters. The highest BCUT2D eigenvalue weighted by atomic mass is 35.5. The maximum Gasteiger partial charge on any atom is 0.328 e. The largest absolute Gasteiger partial charge is 0.459 e. The van der Waals surface area contributed by atoms with Crippen LogP contribution >= 0.6 is 11.6 Å². The van der Waals surface area contributed by atoms with Crippen LogP contribution in [0.2, 0.25) is 5.02 Å². The van der Waals surface area contributed by atoms with Crippen molar-refractivity contribution in [3.05, 3.63) is 41.2 Å². The summed E-state index contributed by atoms with van der Waals surface area (Å²) in [6, 6.07) is 7.07. The van der Waals surface area contributed by atoms with E-state index >= 15 is 0 Å². The Hall–Kier alpha value is -2.08. The zero-order valence-corrected chi connectivity index (χ0v) is 10.2. The first-order valence-electron chi connectivity index (χ1n) is 5.18. The predicted octanol–water partition coefficient (Wildman–Crippen LogP) is 1.26. The van der Waals surface area contributed by atoms with Gasteiger partial charge in [0.15, 0.2) is 0 Å². The SMILES string of the molecule is Nc1ncn(CC(=O)OCc2ccc(Cl)cc2)n1. The zero-order chi connectivity index (χ0) is 13.0. The summed E-state index contributed by atoms with van der Waals surface area (Å²) in [6.45, 7) is 0.179. The van der Waals surface area contributed by atoms with Gasteiger partial charge in [0.25, 0.3) is 0 Å². The quantitative estimate of drug-likeness (QED) is 0.842. The Balaban J connectivity index is 1.83. The molecule has 0 aliphatic carbocycles. The van der Waals surface area contributed by atoms with Crippen molar-refractivity contribution >= 4 is 23.5 Å². The number of halogens is 1. The van der Waals surface area contributed by atoms with Gasteiger partial charge in [0, 0.05) is 5.02 Å². The smallest absolute Gasteiger partial charge is 0.328 e. The van der Waals surface area contributed by atoms with Crippen molar-refractivity contribution in [3.8, 4) is 0 Å². The molecular formula is C11H11ClN4O2. The van der Waals surface area contributed by atoms with Crippen LogP contribution in [0, 0.1) is 0 Å². The Bertz CT molecular complexity index is 538. The third-order valence-electron chi connectivity index (χ3n) is 2.16. The molecule has 0 amide bonds. The van der Waals surface area contributed by atoms with Gasteiger partial charge in [-0.15, -0.1) is 5.10 Å². The standard InChI is InChI=1S/C11H11ClN4O2/c12-9-3-1-8(2-4-9)6-18-10(17)5-16-7-14-11(13)15-16/h1-4,7H,5-6H2,(H2,13,15). The molecule has 0 aliphatic rings. The van der Waals surface area contributed by atoms with Crippen molar-refractivity contribution in [1.29, 1.82) is 0 Å². The molecule has 0 bridgehead atoms. The molecule has 1 aromatic heterocycles. The van der Waals surface area contributed by atoms with E-state index in [1.807, 2.05) is 0 Å². The van der Waals surface area contributed by atoms with Gasteiger partial charge >= 0.3 is 5.97 Å². The first-order valence-corrected chi connectivity index (χ1v) is 5.56. The van der Waals surface area contributed by atoms with Crippen LogP contribution in [-0.2, 0) is 22.7 Å². The number of anilines is 1. The van der Waals surface area contributed by atoms with Crippen LogP contribution in [0.15, 0.2) is 30.6 Å². The normalized spacial score (nSPS) is 10.3. The molecule has 18 heavy (non-hydrogen) atoms. The first kappa shape index (κ1) is 12.4. The van der Waals surface area contributed by atoms with Gasteiger partial charge in [-0.25, -0.2) is 9.67 Å². The highest BCUT2D eigenvalue weighted by Gasteiger charge is 2.06. The van der Waals surface area contributed by atoms with Crippen LogP contribution in [0.4, 0.5) is 5.95 Å². The van der Waals surface area contributed by atoms with Crippen LogP contribution < -0.4 is 5.73 Å². The van der Waals surface area contributed by atoms with Crippen LogP contribution in [0.1, 0.15) is 5.56 Å². The molecular weight excluding hydrogens is 256 g/mol. The molecule has 94 valence electrons. The maximum absolute atomic E-state index is 11.5. The summed E-state index contributed by atoms with van der Waals surface area (Å²) < 4.78 is 6.39. The van der Waals surface area contributed by atoms with E-state index in [4.69, 9.17) is 22.1 Å². The van der Waals surface area contributed by atoms with Crippen molar-refractivity contribution in [2.24, 2.45) is 0 Å². The van der Waals surface area contributed by atoms with E-state index in [0.717, 1.165) is 5.56 Å². The molecule has 1 aromatic carbocycles. The topological polar surface area (TPSA) is 83.0 Å². The van der Waals surface area contributed by atoms with Crippen molar-refractivity contribution in [1.82, 2.24) is 14.8 Å². The van der Waals surface area contributed by atoms with Gasteiger partial charge in [-0.1, -0.05) is 23.7 Å². The Morgan fingerprint density at radius 1 is 1.39 bits per heavy atom. The molecule has 1 heterocycles. The summed E-state index contributed by atoms with van der Waals surface area (Å²) in [5.41, 5.74) is 6.19. The molecule has 2 rings (SSSR count). The lowest BCUT2D eigenvalue weighted by molar-refractivity contribution is -0.145. The van der Waals surface area contributed by atoms with Crippen molar-refractivity contribution in [3.63, 3.8) is 0 Å². The average molecular weight is 267 g/mol. The highest BCUT2D eigenvalue weighted by molar-refractivity contribution is 6.30.